The summed E-state index contributed by atoms with van der Waals surface area (Å²) in [5.74, 6) is 0.755. The van der Waals surface area contributed by atoms with Crippen LogP contribution in [0.4, 0.5) is 5.13 Å². The van der Waals surface area contributed by atoms with Crippen molar-refractivity contribution < 1.29 is 8.42 Å². The van der Waals surface area contributed by atoms with Crippen molar-refractivity contribution in [1.29, 1.82) is 0 Å². The molecule has 0 aliphatic carbocycles. The Balaban J connectivity index is 0.00000208. The van der Waals surface area contributed by atoms with Crippen molar-refractivity contribution in [3.05, 3.63) is 11.6 Å². The number of guanidine groups is 1. The zero-order valence-electron chi connectivity index (χ0n) is 13.4. The minimum absolute atomic E-state index is 0. The molecule has 1 aromatic heterocycles. The van der Waals surface area contributed by atoms with Crippen LogP contribution in [0.25, 0.3) is 0 Å². The molecule has 0 bridgehead atoms. The number of hydrogen-bond donors (Lipinski definition) is 1. The summed E-state index contributed by atoms with van der Waals surface area (Å²) in [4.78, 5) is 13.0. The summed E-state index contributed by atoms with van der Waals surface area (Å²) < 4.78 is 24.9. The van der Waals surface area contributed by atoms with E-state index in [0.717, 1.165) is 31.3 Å². The summed E-state index contributed by atoms with van der Waals surface area (Å²) >= 11 is 1.64. The topological polar surface area (TPSA) is 95.1 Å². The van der Waals surface area contributed by atoms with Crippen LogP contribution in [0, 0.1) is 0 Å². The van der Waals surface area contributed by atoms with Gasteiger partial charge in [0.05, 0.1) is 12.3 Å². The Hall–Kier alpha value is -0.660. The summed E-state index contributed by atoms with van der Waals surface area (Å²) in [6, 6.07) is 0. The highest BCUT2D eigenvalue weighted by atomic mass is 127. The van der Waals surface area contributed by atoms with Crippen molar-refractivity contribution >= 4 is 56.4 Å². The summed E-state index contributed by atoms with van der Waals surface area (Å²) in [6.07, 6.45) is 2.52. The fraction of sp³-hybridized carbons (Fsp3) is 0.692. The van der Waals surface area contributed by atoms with E-state index in [1.807, 2.05) is 16.5 Å². The molecule has 11 heteroatoms. The Morgan fingerprint density at radius 2 is 2.04 bits per heavy atom. The maximum Gasteiger partial charge on any atom is 0.214 e. The summed E-state index contributed by atoms with van der Waals surface area (Å²) in [6.45, 7) is 4.77. The number of thiazole rings is 1. The number of rotatable bonds is 4. The van der Waals surface area contributed by atoms with Crippen LogP contribution >= 0.6 is 35.3 Å². The standard InChI is InChI=1S/C13H22N6O2S2.HI/c14-12(15-2-5-19-4-1-11-23(19,20)21)17-6-8-18(9-7-17)13-16-3-10-22-13;/h3,10H,1-2,4-9,11H2,(H2,14,15);1H. The van der Waals surface area contributed by atoms with Crippen LogP contribution in [0.3, 0.4) is 0 Å². The molecule has 2 aliphatic heterocycles. The maximum atomic E-state index is 11.7. The van der Waals surface area contributed by atoms with Gasteiger partial charge in [-0.2, -0.15) is 0 Å². The van der Waals surface area contributed by atoms with Crippen LogP contribution in [0.2, 0.25) is 0 Å². The highest BCUT2D eigenvalue weighted by molar-refractivity contribution is 14.0. The lowest BCUT2D eigenvalue weighted by Crippen LogP contribution is -2.51. The molecule has 0 unspecified atom stereocenters. The first-order valence-electron chi connectivity index (χ1n) is 7.73. The first-order chi connectivity index (χ1) is 11.1. The fourth-order valence-electron chi connectivity index (χ4n) is 2.82. The molecule has 8 nitrogen and oxygen atoms in total. The molecule has 0 radical (unpaired) electrons. The molecule has 1 aromatic rings. The first kappa shape index (κ1) is 19.7. The molecule has 2 fully saturated rings. The number of nitrogens with two attached hydrogens (primary N) is 1. The van der Waals surface area contributed by atoms with Crippen molar-refractivity contribution in [3.63, 3.8) is 0 Å². The molecule has 136 valence electrons. The number of piperazine rings is 1. The van der Waals surface area contributed by atoms with Gasteiger partial charge in [0.25, 0.3) is 0 Å². The van der Waals surface area contributed by atoms with Gasteiger partial charge in [-0.1, -0.05) is 0 Å². The summed E-state index contributed by atoms with van der Waals surface area (Å²) in [5.41, 5.74) is 6.04. The van der Waals surface area contributed by atoms with E-state index in [4.69, 9.17) is 5.73 Å². The zero-order chi connectivity index (χ0) is 16.3. The second-order valence-electron chi connectivity index (χ2n) is 5.60. The summed E-state index contributed by atoms with van der Waals surface area (Å²) in [7, 11) is -3.05. The third kappa shape index (κ3) is 4.70. The molecular weight excluding hydrogens is 463 g/mol. The van der Waals surface area contributed by atoms with E-state index in [9.17, 15) is 8.42 Å². The van der Waals surface area contributed by atoms with Gasteiger partial charge < -0.3 is 15.5 Å². The first-order valence-corrected chi connectivity index (χ1v) is 10.2. The molecule has 3 heterocycles. The van der Waals surface area contributed by atoms with Gasteiger partial charge in [-0.25, -0.2) is 17.7 Å². The van der Waals surface area contributed by atoms with Gasteiger partial charge in [0.2, 0.25) is 10.0 Å². The van der Waals surface area contributed by atoms with E-state index in [-0.39, 0.29) is 29.7 Å². The molecule has 2 saturated heterocycles. The molecule has 0 atom stereocenters. The lowest BCUT2D eigenvalue weighted by molar-refractivity contribution is 0.379. The van der Waals surface area contributed by atoms with E-state index >= 15 is 0 Å². The quantitative estimate of drug-likeness (QED) is 0.372. The number of nitrogens with zero attached hydrogens (tertiary/aromatic N) is 5. The number of aromatic nitrogens is 1. The minimum Gasteiger partial charge on any atom is -0.370 e. The highest BCUT2D eigenvalue weighted by Crippen LogP contribution is 2.18. The third-order valence-corrected chi connectivity index (χ3v) is 6.91. The SMILES string of the molecule is I.NC(=NCCN1CCCS1(=O)=O)N1CCN(c2nccs2)CC1. The van der Waals surface area contributed by atoms with E-state index in [1.54, 1.807) is 11.3 Å². The van der Waals surface area contributed by atoms with Crippen LogP contribution in [0.1, 0.15) is 6.42 Å². The lowest BCUT2D eigenvalue weighted by atomic mass is 10.3. The molecule has 2 N–H and O–H groups in total. The Labute approximate surface area is 163 Å². The van der Waals surface area contributed by atoms with Crippen molar-refractivity contribution in [1.82, 2.24) is 14.2 Å². The molecule has 0 amide bonds. The number of anilines is 1. The van der Waals surface area contributed by atoms with Crippen LogP contribution < -0.4 is 10.6 Å². The number of sulfonamides is 1. The predicted octanol–water partition coefficient (Wildman–Crippen LogP) is 0.233. The second kappa shape index (κ2) is 8.63. The number of halogens is 1. The Morgan fingerprint density at radius 1 is 1.29 bits per heavy atom. The predicted molar refractivity (Wildman–Crippen MR) is 108 cm³/mol. The Morgan fingerprint density at radius 3 is 2.62 bits per heavy atom. The van der Waals surface area contributed by atoms with Crippen molar-refractivity contribution in [3.8, 4) is 0 Å². The van der Waals surface area contributed by atoms with Gasteiger partial charge in [-0.15, -0.1) is 35.3 Å². The van der Waals surface area contributed by atoms with Crippen LogP contribution in [0.5, 0.6) is 0 Å². The van der Waals surface area contributed by atoms with E-state index < -0.39 is 10.0 Å². The molecule has 0 saturated carbocycles. The summed E-state index contributed by atoms with van der Waals surface area (Å²) in [5, 5.41) is 3.02. The zero-order valence-corrected chi connectivity index (χ0v) is 17.3. The van der Waals surface area contributed by atoms with Crippen LogP contribution in [0.15, 0.2) is 16.6 Å². The molecule has 2 aliphatic rings. The van der Waals surface area contributed by atoms with Gasteiger partial charge in [0, 0.05) is 50.8 Å². The lowest BCUT2D eigenvalue weighted by Gasteiger charge is -2.35. The average Bonchev–Trinajstić information content (AvgIpc) is 3.17. The normalized spacial score (nSPS) is 21.8. The van der Waals surface area contributed by atoms with Crippen molar-refractivity contribution in [2.45, 2.75) is 6.42 Å². The van der Waals surface area contributed by atoms with E-state index in [0.29, 0.717) is 32.0 Å². The molecule has 0 spiro atoms. The van der Waals surface area contributed by atoms with Gasteiger partial charge in [0.15, 0.2) is 11.1 Å². The maximum absolute atomic E-state index is 11.7. The Kier molecular flexibility index (Phi) is 7.07. The smallest absolute Gasteiger partial charge is 0.214 e. The number of aliphatic imine (C=N–C) groups is 1. The fourth-order valence-corrected chi connectivity index (χ4v) is 5.03. The van der Waals surface area contributed by atoms with E-state index in [1.165, 1.54) is 4.31 Å². The monoisotopic (exact) mass is 486 g/mol. The molecule has 24 heavy (non-hydrogen) atoms. The highest BCUT2D eigenvalue weighted by Gasteiger charge is 2.27. The second-order valence-corrected chi connectivity index (χ2v) is 8.56. The largest absolute Gasteiger partial charge is 0.370 e. The Bertz CT molecular complexity index is 643. The minimum atomic E-state index is -3.05. The van der Waals surface area contributed by atoms with Gasteiger partial charge >= 0.3 is 0 Å². The van der Waals surface area contributed by atoms with Gasteiger partial charge in [-0.05, 0) is 6.42 Å². The average molecular weight is 486 g/mol. The third-order valence-electron chi connectivity index (χ3n) is 4.12. The van der Waals surface area contributed by atoms with Crippen molar-refractivity contribution in [2.75, 3.05) is 56.5 Å². The van der Waals surface area contributed by atoms with Crippen LogP contribution in [-0.4, -0.2) is 80.1 Å². The van der Waals surface area contributed by atoms with Gasteiger partial charge in [0.1, 0.15) is 0 Å². The molecule has 3 rings (SSSR count). The molecular formula is C13H23IN6O2S2. The molecule has 0 aromatic carbocycles. The van der Waals surface area contributed by atoms with Crippen molar-refractivity contribution in [2.24, 2.45) is 10.7 Å². The van der Waals surface area contributed by atoms with E-state index in [2.05, 4.69) is 14.9 Å². The van der Waals surface area contributed by atoms with Gasteiger partial charge in [-0.3, -0.25) is 4.99 Å². The van der Waals surface area contributed by atoms with Crippen LogP contribution in [-0.2, 0) is 10.0 Å². The number of hydrogen-bond acceptors (Lipinski definition) is 6.